The summed E-state index contributed by atoms with van der Waals surface area (Å²) in [5.41, 5.74) is 7.52. The van der Waals surface area contributed by atoms with Crippen LogP contribution in [0.3, 0.4) is 0 Å². The Balaban J connectivity index is 0.00000220. The Hall–Kier alpha value is -1.10. The second kappa shape index (κ2) is 9.77. The van der Waals surface area contributed by atoms with Crippen molar-refractivity contribution in [3.8, 4) is 0 Å². The van der Waals surface area contributed by atoms with E-state index in [1.807, 2.05) is 12.1 Å². The fourth-order valence-corrected chi connectivity index (χ4v) is 2.60. The van der Waals surface area contributed by atoms with Gasteiger partial charge < -0.3 is 11.1 Å². The van der Waals surface area contributed by atoms with E-state index in [0.717, 1.165) is 12.2 Å². The van der Waals surface area contributed by atoms with Gasteiger partial charge in [-0.05, 0) is 43.6 Å². The number of likely N-dealkylation sites (tertiary alicyclic amines) is 1. The number of amides is 1. The molecular formula is C16H26ClN3O. The van der Waals surface area contributed by atoms with Gasteiger partial charge >= 0.3 is 0 Å². The molecule has 1 aromatic carbocycles. The second-order valence-electron chi connectivity index (χ2n) is 5.47. The number of carbonyl (C=O) groups excluding carboxylic acids is 1. The standard InChI is InChI=1S/C16H25N3O.ClH/c17-10-9-16(20)18-15-7-5-14(6-8-15)13-19-11-3-1-2-4-12-19;/h5-8H,1-4,9-13,17H2,(H,18,20);1H. The first-order chi connectivity index (χ1) is 9.78. The van der Waals surface area contributed by atoms with Crippen molar-refractivity contribution < 1.29 is 4.79 Å². The number of nitrogens with zero attached hydrogens (tertiary/aromatic N) is 1. The first-order valence-electron chi connectivity index (χ1n) is 7.59. The van der Waals surface area contributed by atoms with Crippen LogP contribution in [-0.4, -0.2) is 30.4 Å². The van der Waals surface area contributed by atoms with Crippen molar-refractivity contribution in [2.75, 3.05) is 25.0 Å². The molecule has 2 rings (SSSR count). The van der Waals surface area contributed by atoms with Crippen molar-refractivity contribution in [3.05, 3.63) is 29.8 Å². The van der Waals surface area contributed by atoms with Crippen molar-refractivity contribution in [1.29, 1.82) is 0 Å². The fourth-order valence-electron chi connectivity index (χ4n) is 2.60. The lowest BCUT2D eigenvalue weighted by Gasteiger charge is -2.19. The molecule has 21 heavy (non-hydrogen) atoms. The van der Waals surface area contributed by atoms with Gasteiger partial charge in [0.15, 0.2) is 0 Å². The van der Waals surface area contributed by atoms with E-state index in [4.69, 9.17) is 5.73 Å². The topological polar surface area (TPSA) is 58.4 Å². The molecule has 0 saturated carbocycles. The molecular weight excluding hydrogens is 286 g/mol. The van der Waals surface area contributed by atoms with Crippen LogP contribution in [0.1, 0.15) is 37.7 Å². The van der Waals surface area contributed by atoms with Gasteiger partial charge in [0, 0.05) is 25.2 Å². The highest BCUT2D eigenvalue weighted by Gasteiger charge is 2.09. The molecule has 0 aromatic heterocycles. The lowest BCUT2D eigenvalue weighted by Crippen LogP contribution is -2.23. The first-order valence-corrected chi connectivity index (χ1v) is 7.59. The number of benzene rings is 1. The summed E-state index contributed by atoms with van der Waals surface area (Å²) in [6.45, 7) is 3.81. The van der Waals surface area contributed by atoms with Crippen LogP contribution < -0.4 is 11.1 Å². The molecule has 1 aliphatic heterocycles. The fraction of sp³-hybridized carbons (Fsp3) is 0.562. The summed E-state index contributed by atoms with van der Waals surface area (Å²) in [5, 5.41) is 2.85. The molecule has 1 heterocycles. The number of anilines is 1. The van der Waals surface area contributed by atoms with Gasteiger partial charge in [-0.25, -0.2) is 0 Å². The highest BCUT2D eigenvalue weighted by molar-refractivity contribution is 5.90. The zero-order chi connectivity index (χ0) is 14.2. The molecule has 0 atom stereocenters. The van der Waals surface area contributed by atoms with Crippen LogP contribution in [0.2, 0.25) is 0 Å². The number of nitrogens with one attached hydrogen (secondary N) is 1. The Bertz CT molecular complexity index is 414. The molecule has 1 aliphatic rings. The lowest BCUT2D eigenvalue weighted by molar-refractivity contribution is -0.116. The first kappa shape index (κ1) is 18.0. The molecule has 5 heteroatoms. The van der Waals surface area contributed by atoms with Gasteiger partial charge in [-0.2, -0.15) is 0 Å². The van der Waals surface area contributed by atoms with Gasteiger partial charge in [-0.15, -0.1) is 12.4 Å². The largest absolute Gasteiger partial charge is 0.330 e. The third-order valence-electron chi connectivity index (χ3n) is 3.71. The molecule has 4 nitrogen and oxygen atoms in total. The lowest BCUT2D eigenvalue weighted by atomic mass is 10.2. The molecule has 1 fully saturated rings. The molecule has 0 spiro atoms. The van der Waals surface area contributed by atoms with Gasteiger partial charge in [0.05, 0.1) is 0 Å². The molecule has 0 radical (unpaired) electrons. The van der Waals surface area contributed by atoms with Gasteiger partial charge in [0.25, 0.3) is 0 Å². The van der Waals surface area contributed by atoms with Gasteiger partial charge in [-0.1, -0.05) is 25.0 Å². The van der Waals surface area contributed by atoms with E-state index in [2.05, 4.69) is 22.3 Å². The maximum atomic E-state index is 11.5. The second-order valence-corrected chi connectivity index (χ2v) is 5.47. The Kier molecular flexibility index (Phi) is 8.35. The van der Waals surface area contributed by atoms with Crippen LogP contribution in [0, 0.1) is 0 Å². The zero-order valence-electron chi connectivity index (χ0n) is 12.5. The number of hydrogen-bond donors (Lipinski definition) is 2. The molecule has 1 aromatic rings. The van der Waals surface area contributed by atoms with Crippen molar-refractivity contribution in [2.45, 2.75) is 38.6 Å². The van der Waals surface area contributed by atoms with Crippen molar-refractivity contribution in [3.63, 3.8) is 0 Å². The van der Waals surface area contributed by atoms with Gasteiger partial charge in [-0.3, -0.25) is 9.69 Å². The average molecular weight is 312 g/mol. The Labute approximate surface area is 133 Å². The monoisotopic (exact) mass is 311 g/mol. The SMILES string of the molecule is Cl.NCCC(=O)Nc1ccc(CN2CCCCCC2)cc1. The Morgan fingerprint density at radius 2 is 1.71 bits per heavy atom. The van der Waals surface area contributed by atoms with E-state index in [-0.39, 0.29) is 18.3 Å². The van der Waals surface area contributed by atoms with E-state index in [1.165, 1.54) is 44.3 Å². The molecule has 1 saturated heterocycles. The summed E-state index contributed by atoms with van der Waals surface area (Å²) in [6, 6.07) is 8.15. The maximum absolute atomic E-state index is 11.5. The quantitative estimate of drug-likeness (QED) is 0.879. The summed E-state index contributed by atoms with van der Waals surface area (Å²) in [4.78, 5) is 14.0. The average Bonchev–Trinajstić information content (AvgIpc) is 2.70. The van der Waals surface area contributed by atoms with Crippen LogP contribution >= 0.6 is 12.4 Å². The van der Waals surface area contributed by atoms with E-state index in [1.54, 1.807) is 0 Å². The number of nitrogens with two attached hydrogens (primary N) is 1. The van der Waals surface area contributed by atoms with Crippen LogP contribution in [-0.2, 0) is 11.3 Å². The van der Waals surface area contributed by atoms with Crippen molar-refractivity contribution >= 4 is 24.0 Å². The summed E-state index contributed by atoms with van der Waals surface area (Å²) < 4.78 is 0. The molecule has 0 unspecified atom stereocenters. The number of hydrogen-bond acceptors (Lipinski definition) is 3. The van der Waals surface area contributed by atoms with Crippen LogP contribution in [0.5, 0.6) is 0 Å². The zero-order valence-corrected chi connectivity index (χ0v) is 13.3. The van der Waals surface area contributed by atoms with E-state index >= 15 is 0 Å². The predicted molar refractivity (Wildman–Crippen MR) is 89.7 cm³/mol. The van der Waals surface area contributed by atoms with Crippen LogP contribution in [0.15, 0.2) is 24.3 Å². The van der Waals surface area contributed by atoms with Crippen LogP contribution in [0.25, 0.3) is 0 Å². The predicted octanol–water partition coefficient (Wildman–Crippen LogP) is 2.77. The molecule has 118 valence electrons. The van der Waals surface area contributed by atoms with Crippen molar-refractivity contribution in [1.82, 2.24) is 4.90 Å². The third-order valence-corrected chi connectivity index (χ3v) is 3.71. The van der Waals surface area contributed by atoms with Crippen molar-refractivity contribution in [2.24, 2.45) is 5.73 Å². The smallest absolute Gasteiger partial charge is 0.225 e. The van der Waals surface area contributed by atoms with E-state index < -0.39 is 0 Å². The maximum Gasteiger partial charge on any atom is 0.225 e. The third kappa shape index (κ3) is 6.46. The number of carbonyl (C=O) groups is 1. The minimum absolute atomic E-state index is 0. The summed E-state index contributed by atoms with van der Waals surface area (Å²) in [6.07, 6.45) is 5.72. The Morgan fingerprint density at radius 3 is 2.29 bits per heavy atom. The minimum atomic E-state index is -0.0206. The van der Waals surface area contributed by atoms with E-state index in [9.17, 15) is 4.79 Å². The molecule has 0 bridgehead atoms. The highest BCUT2D eigenvalue weighted by atomic mass is 35.5. The van der Waals surface area contributed by atoms with Gasteiger partial charge in [0.1, 0.15) is 0 Å². The molecule has 1 amide bonds. The Morgan fingerprint density at radius 1 is 1.10 bits per heavy atom. The minimum Gasteiger partial charge on any atom is -0.330 e. The summed E-state index contributed by atoms with van der Waals surface area (Å²) >= 11 is 0. The van der Waals surface area contributed by atoms with Crippen LogP contribution in [0.4, 0.5) is 5.69 Å². The number of halogens is 1. The highest BCUT2D eigenvalue weighted by Crippen LogP contribution is 2.15. The van der Waals surface area contributed by atoms with E-state index in [0.29, 0.717) is 13.0 Å². The van der Waals surface area contributed by atoms with Gasteiger partial charge in [0.2, 0.25) is 5.91 Å². The number of rotatable bonds is 5. The summed E-state index contributed by atoms with van der Waals surface area (Å²) in [7, 11) is 0. The summed E-state index contributed by atoms with van der Waals surface area (Å²) in [5.74, 6) is -0.0206. The molecule has 3 N–H and O–H groups in total. The molecule has 0 aliphatic carbocycles. The normalized spacial score (nSPS) is 15.9.